The molecule has 2 amide bonds. The number of piperidine rings is 1. The lowest BCUT2D eigenvalue weighted by molar-refractivity contribution is 0.0295. The quantitative estimate of drug-likeness (QED) is 0.862. The zero-order valence-electron chi connectivity index (χ0n) is 16.1. The number of carbonyl (C=O) groups is 1. The molecule has 1 spiro atoms. The van der Waals surface area contributed by atoms with Gasteiger partial charge in [-0.2, -0.15) is 0 Å². The van der Waals surface area contributed by atoms with Gasteiger partial charge in [0.25, 0.3) is 0 Å². The lowest BCUT2D eigenvalue weighted by Gasteiger charge is -2.42. The molecule has 27 heavy (non-hydrogen) atoms. The first-order chi connectivity index (χ1) is 13.2. The molecule has 1 saturated carbocycles. The van der Waals surface area contributed by atoms with E-state index in [0.29, 0.717) is 12.6 Å². The molecule has 1 aliphatic carbocycles. The summed E-state index contributed by atoms with van der Waals surface area (Å²) in [5, 5.41) is 3.25. The highest BCUT2D eigenvalue weighted by molar-refractivity contribution is 5.74. The first-order valence-corrected chi connectivity index (χ1v) is 10.4. The monoisotopic (exact) mass is 373 g/mol. The summed E-state index contributed by atoms with van der Waals surface area (Å²) in [5.74, 6) is 0.778. The van der Waals surface area contributed by atoms with Crippen LogP contribution in [0.15, 0.2) is 18.5 Å². The SMILES string of the molecule is O=C(NC1CCCCC1)N1CCC2(CC1)COCCN(c1ncccn1)C2. The van der Waals surface area contributed by atoms with E-state index in [2.05, 4.69) is 20.2 Å². The van der Waals surface area contributed by atoms with Gasteiger partial charge in [-0.15, -0.1) is 0 Å². The fraction of sp³-hybridized carbons (Fsp3) is 0.750. The molecule has 3 heterocycles. The Kier molecular flexibility index (Phi) is 5.76. The van der Waals surface area contributed by atoms with Crippen molar-refractivity contribution in [2.45, 2.75) is 51.0 Å². The number of anilines is 1. The first kappa shape index (κ1) is 18.5. The summed E-state index contributed by atoms with van der Waals surface area (Å²) in [6.07, 6.45) is 11.6. The Labute approximate surface area is 161 Å². The van der Waals surface area contributed by atoms with E-state index < -0.39 is 0 Å². The number of likely N-dealkylation sites (tertiary alicyclic amines) is 1. The van der Waals surface area contributed by atoms with Crippen LogP contribution >= 0.6 is 0 Å². The number of hydrogen-bond donors (Lipinski definition) is 1. The molecule has 0 radical (unpaired) electrons. The molecule has 148 valence electrons. The second kappa shape index (κ2) is 8.42. The molecule has 2 aliphatic heterocycles. The topological polar surface area (TPSA) is 70.6 Å². The van der Waals surface area contributed by atoms with Crippen LogP contribution in [0.5, 0.6) is 0 Å². The van der Waals surface area contributed by atoms with E-state index in [-0.39, 0.29) is 11.4 Å². The van der Waals surface area contributed by atoms with Crippen LogP contribution in [0.3, 0.4) is 0 Å². The summed E-state index contributed by atoms with van der Waals surface area (Å²) in [5.41, 5.74) is 0.0807. The van der Waals surface area contributed by atoms with Crippen molar-refractivity contribution in [3.8, 4) is 0 Å². The van der Waals surface area contributed by atoms with Gasteiger partial charge in [0.05, 0.1) is 13.2 Å². The number of amides is 2. The number of ether oxygens (including phenoxy) is 1. The van der Waals surface area contributed by atoms with Crippen LogP contribution in [0.2, 0.25) is 0 Å². The Morgan fingerprint density at radius 1 is 1.11 bits per heavy atom. The van der Waals surface area contributed by atoms with Gasteiger partial charge in [-0.05, 0) is 31.7 Å². The number of nitrogens with zero attached hydrogens (tertiary/aromatic N) is 4. The van der Waals surface area contributed by atoms with E-state index >= 15 is 0 Å². The van der Waals surface area contributed by atoms with Gasteiger partial charge in [0.2, 0.25) is 5.95 Å². The zero-order chi connectivity index (χ0) is 18.5. The summed E-state index contributed by atoms with van der Waals surface area (Å²) >= 11 is 0. The number of hydrogen-bond acceptors (Lipinski definition) is 5. The van der Waals surface area contributed by atoms with Crippen LogP contribution in [0.1, 0.15) is 44.9 Å². The van der Waals surface area contributed by atoms with Crippen LogP contribution in [-0.2, 0) is 4.74 Å². The van der Waals surface area contributed by atoms with Crippen molar-refractivity contribution in [3.63, 3.8) is 0 Å². The largest absolute Gasteiger partial charge is 0.379 e. The van der Waals surface area contributed by atoms with Gasteiger partial charge in [-0.1, -0.05) is 19.3 Å². The van der Waals surface area contributed by atoms with Crippen LogP contribution in [0, 0.1) is 5.41 Å². The predicted molar refractivity (Wildman–Crippen MR) is 104 cm³/mol. The van der Waals surface area contributed by atoms with Crippen molar-refractivity contribution in [2.75, 3.05) is 44.3 Å². The molecule has 3 fully saturated rings. The molecule has 1 aromatic rings. The van der Waals surface area contributed by atoms with Crippen molar-refractivity contribution in [1.82, 2.24) is 20.2 Å². The summed E-state index contributed by atoms with van der Waals surface area (Å²) in [7, 11) is 0. The number of urea groups is 1. The molecule has 7 heteroatoms. The maximum absolute atomic E-state index is 12.6. The highest BCUT2D eigenvalue weighted by Crippen LogP contribution is 2.35. The third-order valence-corrected chi connectivity index (χ3v) is 6.32. The second-order valence-electron chi connectivity index (χ2n) is 8.29. The molecule has 0 bridgehead atoms. The molecule has 4 rings (SSSR count). The third kappa shape index (κ3) is 4.51. The Balaban J connectivity index is 1.34. The smallest absolute Gasteiger partial charge is 0.317 e. The summed E-state index contributed by atoms with van der Waals surface area (Å²) in [6.45, 7) is 4.77. The van der Waals surface area contributed by atoms with Gasteiger partial charge in [0, 0.05) is 50.0 Å². The lowest BCUT2D eigenvalue weighted by atomic mass is 9.78. The predicted octanol–water partition coefficient (Wildman–Crippen LogP) is 2.44. The maximum atomic E-state index is 12.6. The Hall–Kier alpha value is -1.89. The van der Waals surface area contributed by atoms with E-state index in [9.17, 15) is 4.79 Å². The van der Waals surface area contributed by atoms with Crippen molar-refractivity contribution in [2.24, 2.45) is 5.41 Å². The van der Waals surface area contributed by atoms with Gasteiger partial charge < -0.3 is 19.9 Å². The first-order valence-electron chi connectivity index (χ1n) is 10.4. The number of carbonyl (C=O) groups excluding carboxylic acids is 1. The van der Waals surface area contributed by atoms with Gasteiger partial charge in [-0.3, -0.25) is 0 Å². The number of aromatic nitrogens is 2. The minimum Gasteiger partial charge on any atom is -0.379 e. The third-order valence-electron chi connectivity index (χ3n) is 6.32. The van der Waals surface area contributed by atoms with Crippen molar-refractivity contribution < 1.29 is 9.53 Å². The van der Waals surface area contributed by atoms with E-state index in [1.165, 1.54) is 19.3 Å². The van der Waals surface area contributed by atoms with E-state index in [4.69, 9.17) is 4.74 Å². The van der Waals surface area contributed by atoms with Crippen LogP contribution in [-0.4, -0.2) is 66.3 Å². The average molecular weight is 374 g/mol. The van der Waals surface area contributed by atoms with Gasteiger partial charge in [0.15, 0.2) is 0 Å². The van der Waals surface area contributed by atoms with Crippen LogP contribution < -0.4 is 10.2 Å². The Bertz CT molecular complexity index is 612. The fourth-order valence-corrected chi connectivity index (χ4v) is 4.62. The molecule has 1 N–H and O–H groups in total. The van der Waals surface area contributed by atoms with Crippen molar-refractivity contribution in [1.29, 1.82) is 0 Å². The van der Waals surface area contributed by atoms with Gasteiger partial charge >= 0.3 is 6.03 Å². The molecular weight excluding hydrogens is 342 g/mol. The molecule has 1 aromatic heterocycles. The standard InChI is InChI=1S/C20H31N5O2/c26-19(23-17-5-2-1-3-6-17)24-11-7-20(8-12-24)15-25(13-14-27-16-20)18-21-9-4-10-22-18/h4,9-10,17H,1-3,5-8,11-16H2,(H,23,26). The summed E-state index contributed by atoms with van der Waals surface area (Å²) in [6, 6.07) is 2.33. The number of nitrogens with one attached hydrogen (secondary N) is 1. The average Bonchev–Trinajstić information content (AvgIpc) is 2.93. The molecule has 0 unspecified atom stereocenters. The summed E-state index contributed by atoms with van der Waals surface area (Å²) < 4.78 is 5.94. The van der Waals surface area contributed by atoms with Gasteiger partial charge in [0.1, 0.15) is 0 Å². The molecule has 0 aromatic carbocycles. The second-order valence-corrected chi connectivity index (χ2v) is 8.29. The number of rotatable bonds is 2. The normalized spacial score (nSPS) is 23.9. The lowest BCUT2D eigenvalue weighted by Crippen LogP contribution is -2.53. The highest BCUT2D eigenvalue weighted by atomic mass is 16.5. The van der Waals surface area contributed by atoms with E-state index in [1.807, 2.05) is 11.0 Å². The Morgan fingerprint density at radius 2 is 1.85 bits per heavy atom. The minimum absolute atomic E-state index is 0.0807. The van der Waals surface area contributed by atoms with Crippen molar-refractivity contribution >= 4 is 12.0 Å². The van der Waals surface area contributed by atoms with Crippen LogP contribution in [0.25, 0.3) is 0 Å². The van der Waals surface area contributed by atoms with Crippen molar-refractivity contribution in [3.05, 3.63) is 18.5 Å². The molecular formula is C20H31N5O2. The summed E-state index contributed by atoms with van der Waals surface area (Å²) in [4.78, 5) is 25.7. The van der Waals surface area contributed by atoms with Gasteiger partial charge in [-0.25, -0.2) is 14.8 Å². The minimum atomic E-state index is 0.0807. The molecule has 2 saturated heterocycles. The molecule has 7 nitrogen and oxygen atoms in total. The highest BCUT2D eigenvalue weighted by Gasteiger charge is 2.39. The van der Waals surface area contributed by atoms with Crippen LogP contribution in [0.4, 0.5) is 10.7 Å². The zero-order valence-corrected chi connectivity index (χ0v) is 16.1. The molecule has 0 atom stereocenters. The fourth-order valence-electron chi connectivity index (χ4n) is 4.62. The molecule has 3 aliphatic rings. The Morgan fingerprint density at radius 3 is 2.59 bits per heavy atom. The maximum Gasteiger partial charge on any atom is 0.317 e. The van der Waals surface area contributed by atoms with E-state index in [0.717, 1.165) is 64.4 Å². The van der Waals surface area contributed by atoms with E-state index in [1.54, 1.807) is 12.4 Å².